The number of carboxylic acid groups (broad SMARTS) is 1. The summed E-state index contributed by atoms with van der Waals surface area (Å²) in [6.07, 6.45) is 4.05. The van der Waals surface area contributed by atoms with Gasteiger partial charge in [-0.2, -0.15) is 0 Å². The van der Waals surface area contributed by atoms with Gasteiger partial charge in [0.25, 0.3) is 0 Å². The summed E-state index contributed by atoms with van der Waals surface area (Å²) >= 11 is 0. The van der Waals surface area contributed by atoms with Gasteiger partial charge in [0, 0.05) is 18.8 Å². The standard InChI is InChI=1S/C15H14N2O4/c18-13-3-2-11(15(20)21)9-12(13)17-14(19)4-1-10-5-7-16-8-6-10/h2-3,5-9,18H,1,4H2,(H,17,19)(H,20,21). The number of pyridine rings is 1. The fraction of sp³-hybridized carbons (Fsp3) is 0.133. The van der Waals surface area contributed by atoms with Crippen LogP contribution in [0.4, 0.5) is 5.69 Å². The van der Waals surface area contributed by atoms with E-state index in [0.717, 1.165) is 5.56 Å². The van der Waals surface area contributed by atoms with Gasteiger partial charge in [-0.3, -0.25) is 9.78 Å². The number of aryl methyl sites for hydroxylation is 1. The number of benzene rings is 1. The molecule has 108 valence electrons. The Bertz CT molecular complexity index is 656. The number of aromatic carboxylic acids is 1. The highest BCUT2D eigenvalue weighted by molar-refractivity contribution is 5.95. The average molecular weight is 286 g/mol. The number of phenolic OH excluding ortho intramolecular Hbond substituents is 1. The third-order valence-corrected chi connectivity index (χ3v) is 2.91. The van der Waals surface area contributed by atoms with E-state index in [2.05, 4.69) is 10.3 Å². The van der Waals surface area contributed by atoms with E-state index in [1.165, 1.54) is 18.2 Å². The van der Waals surface area contributed by atoms with Crippen molar-refractivity contribution in [3.63, 3.8) is 0 Å². The Kier molecular flexibility index (Phi) is 4.50. The van der Waals surface area contributed by atoms with Crippen molar-refractivity contribution in [2.75, 3.05) is 5.32 Å². The summed E-state index contributed by atoms with van der Waals surface area (Å²) in [5, 5.41) is 21.0. The molecule has 1 heterocycles. The highest BCUT2D eigenvalue weighted by Gasteiger charge is 2.10. The summed E-state index contributed by atoms with van der Waals surface area (Å²) in [6, 6.07) is 7.36. The van der Waals surface area contributed by atoms with Crippen molar-refractivity contribution >= 4 is 17.6 Å². The van der Waals surface area contributed by atoms with Crippen molar-refractivity contribution in [3.8, 4) is 5.75 Å². The first-order valence-electron chi connectivity index (χ1n) is 6.31. The summed E-state index contributed by atoms with van der Waals surface area (Å²) < 4.78 is 0. The monoisotopic (exact) mass is 286 g/mol. The number of nitrogens with one attached hydrogen (secondary N) is 1. The maximum absolute atomic E-state index is 11.8. The van der Waals surface area contributed by atoms with Crippen molar-refractivity contribution in [2.45, 2.75) is 12.8 Å². The number of hydrogen-bond donors (Lipinski definition) is 3. The van der Waals surface area contributed by atoms with Crippen LogP contribution in [0, 0.1) is 0 Å². The summed E-state index contributed by atoms with van der Waals surface area (Å²) in [6.45, 7) is 0. The van der Waals surface area contributed by atoms with Crippen LogP contribution in [0.3, 0.4) is 0 Å². The second-order valence-electron chi connectivity index (χ2n) is 4.44. The maximum Gasteiger partial charge on any atom is 0.335 e. The molecule has 0 aliphatic heterocycles. The molecule has 1 amide bonds. The van der Waals surface area contributed by atoms with Crippen LogP contribution in [0.15, 0.2) is 42.7 Å². The van der Waals surface area contributed by atoms with Gasteiger partial charge in [-0.1, -0.05) is 0 Å². The molecule has 0 fully saturated rings. The molecule has 6 nitrogen and oxygen atoms in total. The third kappa shape index (κ3) is 4.04. The van der Waals surface area contributed by atoms with Crippen LogP contribution in [0.1, 0.15) is 22.3 Å². The second kappa shape index (κ2) is 6.51. The van der Waals surface area contributed by atoms with Gasteiger partial charge in [0.2, 0.25) is 5.91 Å². The van der Waals surface area contributed by atoms with Crippen LogP contribution in [0.25, 0.3) is 0 Å². The minimum atomic E-state index is -1.12. The van der Waals surface area contributed by atoms with E-state index >= 15 is 0 Å². The Morgan fingerprint density at radius 3 is 2.52 bits per heavy atom. The van der Waals surface area contributed by atoms with Gasteiger partial charge in [0.15, 0.2) is 0 Å². The number of phenols is 1. The van der Waals surface area contributed by atoms with Crippen LogP contribution in [0.2, 0.25) is 0 Å². The smallest absolute Gasteiger partial charge is 0.335 e. The highest BCUT2D eigenvalue weighted by Crippen LogP contribution is 2.24. The fourth-order valence-corrected chi connectivity index (χ4v) is 1.79. The number of hydrogen-bond acceptors (Lipinski definition) is 4. The number of aromatic nitrogens is 1. The molecule has 0 saturated heterocycles. The quantitative estimate of drug-likeness (QED) is 0.730. The van der Waals surface area contributed by atoms with Gasteiger partial charge in [-0.25, -0.2) is 4.79 Å². The van der Waals surface area contributed by atoms with Crippen LogP contribution in [-0.4, -0.2) is 27.1 Å². The largest absolute Gasteiger partial charge is 0.506 e. The minimum Gasteiger partial charge on any atom is -0.506 e. The number of carboxylic acids is 1. The van der Waals surface area contributed by atoms with Crippen molar-refractivity contribution in [1.82, 2.24) is 4.98 Å². The Labute approximate surface area is 121 Å². The number of aromatic hydroxyl groups is 1. The Morgan fingerprint density at radius 1 is 1.14 bits per heavy atom. The maximum atomic E-state index is 11.8. The molecular formula is C15H14N2O4. The molecule has 0 radical (unpaired) electrons. The number of rotatable bonds is 5. The third-order valence-electron chi connectivity index (χ3n) is 2.91. The lowest BCUT2D eigenvalue weighted by molar-refractivity contribution is -0.116. The van der Waals surface area contributed by atoms with Gasteiger partial charge in [-0.05, 0) is 42.3 Å². The summed E-state index contributed by atoms with van der Waals surface area (Å²) in [7, 11) is 0. The molecule has 0 unspecified atom stereocenters. The Morgan fingerprint density at radius 2 is 1.86 bits per heavy atom. The van der Waals surface area contributed by atoms with Gasteiger partial charge in [-0.15, -0.1) is 0 Å². The summed E-state index contributed by atoms with van der Waals surface area (Å²) in [4.78, 5) is 26.6. The molecule has 0 bridgehead atoms. The molecule has 3 N–H and O–H groups in total. The molecule has 1 aromatic carbocycles. The lowest BCUT2D eigenvalue weighted by Gasteiger charge is -2.08. The van der Waals surface area contributed by atoms with Crippen molar-refractivity contribution < 1.29 is 19.8 Å². The van der Waals surface area contributed by atoms with Gasteiger partial charge in [0.1, 0.15) is 5.75 Å². The number of nitrogens with zero attached hydrogens (tertiary/aromatic N) is 1. The molecular weight excluding hydrogens is 272 g/mol. The number of amides is 1. The molecule has 21 heavy (non-hydrogen) atoms. The fourth-order valence-electron chi connectivity index (χ4n) is 1.79. The molecule has 0 aliphatic rings. The summed E-state index contributed by atoms with van der Waals surface area (Å²) in [5.74, 6) is -1.59. The first kappa shape index (κ1) is 14.5. The van der Waals surface area contributed by atoms with Gasteiger partial charge in [0.05, 0.1) is 11.3 Å². The molecule has 0 saturated carbocycles. The number of anilines is 1. The first-order valence-corrected chi connectivity index (χ1v) is 6.31. The van der Waals surface area contributed by atoms with Crippen LogP contribution in [0.5, 0.6) is 5.75 Å². The van der Waals surface area contributed by atoms with E-state index in [1.54, 1.807) is 12.4 Å². The SMILES string of the molecule is O=C(CCc1ccncc1)Nc1cc(C(=O)O)ccc1O. The molecule has 0 aliphatic carbocycles. The van der Waals surface area contributed by atoms with E-state index in [0.29, 0.717) is 6.42 Å². The zero-order valence-electron chi connectivity index (χ0n) is 11.1. The number of carbonyl (C=O) groups excluding carboxylic acids is 1. The normalized spacial score (nSPS) is 10.1. The van der Waals surface area contributed by atoms with Crippen molar-refractivity contribution in [2.24, 2.45) is 0 Å². The summed E-state index contributed by atoms with van der Waals surface area (Å²) in [5.41, 5.74) is 1.07. The first-order chi connectivity index (χ1) is 10.1. The van der Waals surface area contributed by atoms with E-state index < -0.39 is 5.97 Å². The number of carbonyl (C=O) groups is 2. The van der Waals surface area contributed by atoms with Crippen LogP contribution < -0.4 is 5.32 Å². The predicted octanol–water partition coefficient (Wildman–Crippen LogP) is 2.06. The molecule has 0 atom stereocenters. The van der Waals surface area contributed by atoms with Crippen LogP contribution in [-0.2, 0) is 11.2 Å². The molecule has 1 aromatic heterocycles. The molecule has 2 aromatic rings. The van der Waals surface area contributed by atoms with Gasteiger partial charge < -0.3 is 15.5 Å². The Balaban J connectivity index is 1.99. The lowest BCUT2D eigenvalue weighted by Crippen LogP contribution is -2.13. The topological polar surface area (TPSA) is 99.5 Å². The highest BCUT2D eigenvalue weighted by atomic mass is 16.4. The minimum absolute atomic E-state index is 0.00256. The molecule has 2 rings (SSSR count). The molecule has 6 heteroatoms. The second-order valence-corrected chi connectivity index (χ2v) is 4.44. The van der Waals surface area contributed by atoms with E-state index in [-0.39, 0.29) is 29.3 Å². The zero-order valence-corrected chi connectivity index (χ0v) is 11.1. The zero-order chi connectivity index (χ0) is 15.2. The Hall–Kier alpha value is -2.89. The van der Waals surface area contributed by atoms with E-state index in [1.807, 2.05) is 12.1 Å². The van der Waals surface area contributed by atoms with E-state index in [9.17, 15) is 14.7 Å². The van der Waals surface area contributed by atoms with Gasteiger partial charge >= 0.3 is 5.97 Å². The molecule has 0 spiro atoms. The predicted molar refractivity (Wildman–Crippen MR) is 76.3 cm³/mol. The van der Waals surface area contributed by atoms with Crippen LogP contribution >= 0.6 is 0 Å². The average Bonchev–Trinajstić information content (AvgIpc) is 2.48. The van der Waals surface area contributed by atoms with Crippen molar-refractivity contribution in [1.29, 1.82) is 0 Å². The lowest BCUT2D eigenvalue weighted by atomic mass is 10.1. The van der Waals surface area contributed by atoms with E-state index in [4.69, 9.17) is 5.11 Å². The van der Waals surface area contributed by atoms with Crippen molar-refractivity contribution in [3.05, 3.63) is 53.9 Å².